The number of hydrogen-bond donors (Lipinski definition) is 0. The Morgan fingerprint density at radius 3 is 2.43 bits per heavy atom. The second-order valence-corrected chi connectivity index (χ2v) is 10.9. The van der Waals surface area contributed by atoms with E-state index in [1.165, 1.54) is 23.0 Å². The van der Waals surface area contributed by atoms with Crippen LogP contribution in [0.4, 0.5) is 0 Å². The van der Waals surface area contributed by atoms with E-state index in [2.05, 4.69) is 4.99 Å². The number of esters is 1. The average molecular weight is 592 g/mol. The van der Waals surface area contributed by atoms with Crippen LogP contribution in [0.2, 0.25) is 0 Å². The molecule has 10 nitrogen and oxygen atoms in total. The fraction of sp³-hybridized carbons (Fsp3) is 0.355. The first-order chi connectivity index (χ1) is 20.3. The zero-order valence-electron chi connectivity index (χ0n) is 24.0. The second kappa shape index (κ2) is 12.6. The number of likely N-dealkylation sites (tertiary alicyclic amines) is 1. The van der Waals surface area contributed by atoms with Crippen molar-refractivity contribution >= 4 is 29.3 Å². The lowest BCUT2D eigenvalue weighted by atomic mass is 9.95. The molecule has 2 aromatic carbocycles. The van der Waals surface area contributed by atoms with E-state index in [0.717, 1.165) is 31.5 Å². The Balaban J connectivity index is 1.49. The first-order valence-corrected chi connectivity index (χ1v) is 14.6. The standard InChI is InChI=1S/C31H33N3O7S/c1-5-40-30(37)27-19(2)32-31-34(28(27)21-10-13-23(38-3)24(17-21)39-4)29(36)25(42-31)16-20-8-11-22(12-9-20)41-18-26(35)33-14-6-7-15-33/h8-13,16-17,28H,5-7,14-15,18H2,1-4H3/b25-16+/t28-/m0/s1. The van der Waals surface area contributed by atoms with Crippen molar-refractivity contribution in [3.8, 4) is 17.2 Å². The lowest BCUT2D eigenvalue weighted by molar-refractivity contribution is -0.139. The minimum atomic E-state index is -0.772. The first-order valence-electron chi connectivity index (χ1n) is 13.8. The van der Waals surface area contributed by atoms with Crippen molar-refractivity contribution in [1.29, 1.82) is 0 Å². The van der Waals surface area contributed by atoms with E-state index >= 15 is 0 Å². The SMILES string of the molecule is CCOC(=O)C1=C(C)N=c2s/c(=C/c3ccc(OCC(=O)N4CCCC4)cc3)c(=O)n2[C@H]1c1ccc(OC)c(OC)c1. The summed E-state index contributed by atoms with van der Waals surface area (Å²) in [5.74, 6) is 1.02. The topological polar surface area (TPSA) is 109 Å². The molecule has 0 unspecified atom stereocenters. The molecule has 0 saturated carbocycles. The number of carbonyl (C=O) groups excluding carboxylic acids is 2. The van der Waals surface area contributed by atoms with Crippen LogP contribution >= 0.6 is 11.3 Å². The van der Waals surface area contributed by atoms with Gasteiger partial charge in [0, 0.05) is 13.1 Å². The third kappa shape index (κ3) is 5.82. The Hall–Kier alpha value is -4.38. The molecule has 2 aliphatic rings. The van der Waals surface area contributed by atoms with E-state index in [-0.39, 0.29) is 30.3 Å². The molecule has 0 bridgehead atoms. The fourth-order valence-corrected chi connectivity index (χ4v) is 6.19. The molecule has 1 amide bonds. The quantitative estimate of drug-likeness (QED) is 0.352. The van der Waals surface area contributed by atoms with Crippen molar-refractivity contribution in [3.63, 3.8) is 0 Å². The molecule has 11 heteroatoms. The van der Waals surface area contributed by atoms with Gasteiger partial charge in [-0.3, -0.25) is 14.2 Å². The number of rotatable bonds is 9. The molecule has 1 fully saturated rings. The van der Waals surface area contributed by atoms with Gasteiger partial charge in [0.15, 0.2) is 22.9 Å². The Bertz CT molecular complexity index is 1700. The third-order valence-corrected chi connectivity index (χ3v) is 8.22. The van der Waals surface area contributed by atoms with Gasteiger partial charge in [-0.1, -0.05) is 29.5 Å². The predicted molar refractivity (Wildman–Crippen MR) is 158 cm³/mol. The van der Waals surface area contributed by atoms with Crippen LogP contribution in [-0.2, 0) is 14.3 Å². The number of benzene rings is 2. The number of hydrogen-bond acceptors (Lipinski definition) is 9. The van der Waals surface area contributed by atoms with E-state index in [9.17, 15) is 14.4 Å². The largest absolute Gasteiger partial charge is 0.493 e. The molecule has 0 spiro atoms. The molecule has 1 aromatic heterocycles. The maximum absolute atomic E-state index is 13.9. The number of nitrogens with zero attached hydrogens (tertiary/aromatic N) is 3. The van der Waals surface area contributed by atoms with E-state index < -0.39 is 12.0 Å². The minimum Gasteiger partial charge on any atom is -0.493 e. The molecule has 3 aromatic rings. The summed E-state index contributed by atoms with van der Waals surface area (Å²) in [5, 5.41) is 0. The van der Waals surface area contributed by atoms with Crippen molar-refractivity contribution in [3.05, 3.63) is 84.5 Å². The van der Waals surface area contributed by atoms with Gasteiger partial charge in [-0.25, -0.2) is 9.79 Å². The van der Waals surface area contributed by atoms with Gasteiger partial charge in [0.05, 0.1) is 42.7 Å². The van der Waals surface area contributed by atoms with Gasteiger partial charge in [-0.15, -0.1) is 0 Å². The van der Waals surface area contributed by atoms with Crippen LogP contribution in [-0.4, -0.2) is 61.9 Å². The van der Waals surface area contributed by atoms with Gasteiger partial charge in [0.25, 0.3) is 11.5 Å². The lowest BCUT2D eigenvalue weighted by Crippen LogP contribution is -2.39. The zero-order chi connectivity index (χ0) is 29.8. The van der Waals surface area contributed by atoms with Gasteiger partial charge in [0.1, 0.15) is 5.75 Å². The molecular formula is C31H33N3O7S. The Morgan fingerprint density at radius 1 is 1.05 bits per heavy atom. The van der Waals surface area contributed by atoms with Gasteiger partial charge in [-0.05, 0) is 68.2 Å². The van der Waals surface area contributed by atoms with E-state index in [4.69, 9.17) is 18.9 Å². The summed E-state index contributed by atoms with van der Waals surface area (Å²) < 4.78 is 23.9. The van der Waals surface area contributed by atoms with Crippen LogP contribution in [0.1, 0.15) is 43.9 Å². The smallest absolute Gasteiger partial charge is 0.338 e. The first kappa shape index (κ1) is 29.1. The molecule has 0 radical (unpaired) electrons. The molecule has 0 N–H and O–H groups in total. The third-order valence-electron chi connectivity index (χ3n) is 7.24. The Labute approximate surface area is 247 Å². The molecule has 1 saturated heterocycles. The molecule has 3 heterocycles. The molecular weight excluding hydrogens is 558 g/mol. The highest BCUT2D eigenvalue weighted by atomic mass is 32.1. The number of ether oxygens (including phenoxy) is 4. The number of fused-ring (bicyclic) bond motifs is 1. The molecule has 0 aliphatic carbocycles. The van der Waals surface area contributed by atoms with Crippen LogP contribution in [0.25, 0.3) is 6.08 Å². The summed E-state index contributed by atoms with van der Waals surface area (Å²) >= 11 is 1.24. The molecule has 42 heavy (non-hydrogen) atoms. The fourth-order valence-electron chi connectivity index (χ4n) is 5.14. The van der Waals surface area contributed by atoms with Crippen LogP contribution in [0, 0.1) is 0 Å². The molecule has 220 valence electrons. The number of methoxy groups -OCH3 is 2. The summed E-state index contributed by atoms with van der Waals surface area (Å²) in [6.45, 7) is 5.22. The van der Waals surface area contributed by atoms with Crippen LogP contribution in [0.5, 0.6) is 17.2 Å². The van der Waals surface area contributed by atoms with E-state index in [1.807, 2.05) is 17.0 Å². The summed E-state index contributed by atoms with van der Waals surface area (Å²) in [6, 6.07) is 11.7. The summed E-state index contributed by atoms with van der Waals surface area (Å²) in [4.78, 5) is 46.2. The lowest BCUT2D eigenvalue weighted by Gasteiger charge is -2.25. The normalized spacial score (nSPS) is 16.6. The number of allylic oxidation sites excluding steroid dienone is 1. The molecule has 1 atom stereocenters. The summed E-state index contributed by atoms with van der Waals surface area (Å²) in [5.41, 5.74) is 1.91. The molecule has 5 rings (SSSR count). The number of amides is 1. The van der Waals surface area contributed by atoms with Gasteiger partial charge >= 0.3 is 5.97 Å². The molecule has 2 aliphatic heterocycles. The number of thiazole rings is 1. The van der Waals surface area contributed by atoms with E-state index in [0.29, 0.717) is 37.8 Å². The second-order valence-electron chi connectivity index (χ2n) is 9.86. The highest BCUT2D eigenvalue weighted by Gasteiger charge is 2.34. The van der Waals surface area contributed by atoms with Crippen molar-refractivity contribution in [2.45, 2.75) is 32.7 Å². The average Bonchev–Trinajstić information content (AvgIpc) is 3.64. The maximum atomic E-state index is 13.9. The Kier molecular flexibility index (Phi) is 8.77. The Morgan fingerprint density at radius 2 is 1.76 bits per heavy atom. The summed E-state index contributed by atoms with van der Waals surface area (Å²) in [6.07, 6.45) is 3.84. The monoisotopic (exact) mass is 591 g/mol. The number of carbonyl (C=O) groups is 2. The van der Waals surface area contributed by atoms with Gasteiger partial charge in [0.2, 0.25) is 0 Å². The van der Waals surface area contributed by atoms with Crippen molar-refractivity contribution in [1.82, 2.24) is 9.47 Å². The zero-order valence-corrected chi connectivity index (χ0v) is 24.9. The van der Waals surface area contributed by atoms with Crippen LogP contribution in [0.15, 0.2) is 63.5 Å². The van der Waals surface area contributed by atoms with Crippen LogP contribution < -0.4 is 29.1 Å². The number of aromatic nitrogens is 1. The highest BCUT2D eigenvalue weighted by Crippen LogP contribution is 2.36. The predicted octanol–water partition coefficient (Wildman–Crippen LogP) is 2.82. The maximum Gasteiger partial charge on any atom is 0.338 e. The van der Waals surface area contributed by atoms with Crippen LogP contribution in [0.3, 0.4) is 0 Å². The van der Waals surface area contributed by atoms with Gasteiger partial charge < -0.3 is 23.8 Å². The van der Waals surface area contributed by atoms with E-state index in [1.54, 1.807) is 57.4 Å². The highest BCUT2D eigenvalue weighted by molar-refractivity contribution is 7.07. The van der Waals surface area contributed by atoms with Gasteiger partial charge in [-0.2, -0.15) is 0 Å². The minimum absolute atomic E-state index is 0.00373. The van der Waals surface area contributed by atoms with Crippen molar-refractivity contribution < 1.29 is 28.5 Å². The summed E-state index contributed by atoms with van der Waals surface area (Å²) in [7, 11) is 3.07. The van der Waals surface area contributed by atoms with Crippen molar-refractivity contribution in [2.24, 2.45) is 4.99 Å². The van der Waals surface area contributed by atoms with Crippen molar-refractivity contribution in [2.75, 3.05) is 40.5 Å².